The Morgan fingerprint density at radius 1 is 0.275 bits per heavy atom. The van der Waals surface area contributed by atoms with Gasteiger partial charge in [0.1, 0.15) is 22.3 Å². The summed E-state index contributed by atoms with van der Waals surface area (Å²) in [6.07, 6.45) is 0. The number of fused-ring (bicyclic) bond motifs is 11. The van der Waals surface area contributed by atoms with Crippen molar-refractivity contribution in [2.24, 2.45) is 0 Å². The van der Waals surface area contributed by atoms with E-state index in [9.17, 15) is 0 Å². The first-order valence-electron chi connectivity index (χ1n) is 17.3. The molecule has 51 heavy (non-hydrogen) atoms. The molecule has 0 radical (unpaired) electrons. The van der Waals surface area contributed by atoms with Gasteiger partial charge >= 0.3 is 0 Å². The van der Waals surface area contributed by atoms with Crippen molar-refractivity contribution in [1.29, 1.82) is 0 Å². The molecule has 0 fully saturated rings. The highest BCUT2D eigenvalue weighted by Gasteiger charge is 2.18. The van der Waals surface area contributed by atoms with E-state index in [1.165, 1.54) is 43.4 Å². The second kappa shape index (κ2) is 10.8. The molecule has 9 aromatic carbocycles. The fourth-order valence-corrected chi connectivity index (χ4v) is 7.97. The molecule has 0 bridgehead atoms. The van der Waals surface area contributed by atoms with Gasteiger partial charge in [0.25, 0.3) is 0 Å². The number of hydrogen-bond acceptors (Lipinski definition) is 3. The molecule has 11 aromatic rings. The molecule has 0 amide bonds. The van der Waals surface area contributed by atoms with Crippen LogP contribution in [0.15, 0.2) is 185 Å². The molecule has 0 saturated heterocycles. The molecule has 3 nitrogen and oxygen atoms in total. The standard InChI is InChI=1S/C48H29NO2/c1-2-8-37-31(7-1)15-23-40-38-22-16-32(27-33(38)17-24-39(37)40)30-13-18-34(19-14-30)49(35-21-26-47-44(28-35)42-10-4-6-12-46(42)50-47)36-20-25-43-41-9-3-5-11-45(41)51-48(43)29-36/h1-29H. The highest BCUT2D eigenvalue weighted by Crippen LogP contribution is 2.42. The lowest BCUT2D eigenvalue weighted by atomic mass is 9.95. The van der Waals surface area contributed by atoms with Crippen molar-refractivity contribution in [3.63, 3.8) is 0 Å². The third-order valence-electron chi connectivity index (χ3n) is 10.4. The highest BCUT2D eigenvalue weighted by atomic mass is 16.3. The molecule has 0 atom stereocenters. The van der Waals surface area contributed by atoms with Gasteiger partial charge in [0.05, 0.1) is 0 Å². The minimum absolute atomic E-state index is 0.863. The largest absolute Gasteiger partial charge is 0.456 e. The van der Waals surface area contributed by atoms with E-state index >= 15 is 0 Å². The number of benzene rings is 9. The predicted octanol–water partition coefficient (Wildman–Crippen LogP) is 14.1. The summed E-state index contributed by atoms with van der Waals surface area (Å²) in [6.45, 7) is 0. The lowest BCUT2D eigenvalue weighted by Crippen LogP contribution is -2.09. The van der Waals surface area contributed by atoms with Gasteiger partial charge in [-0.3, -0.25) is 0 Å². The van der Waals surface area contributed by atoms with Crippen LogP contribution in [0.2, 0.25) is 0 Å². The van der Waals surface area contributed by atoms with Gasteiger partial charge in [-0.1, -0.05) is 109 Å². The maximum absolute atomic E-state index is 6.35. The Morgan fingerprint density at radius 2 is 0.784 bits per heavy atom. The van der Waals surface area contributed by atoms with Gasteiger partial charge in [-0.05, 0) is 104 Å². The van der Waals surface area contributed by atoms with E-state index < -0.39 is 0 Å². The molecular weight excluding hydrogens is 623 g/mol. The van der Waals surface area contributed by atoms with E-state index in [4.69, 9.17) is 8.83 Å². The van der Waals surface area contributed by atoms with Gasteiger partial charge < -0.3 is 13.7 Å². The van der Waals surface area contributed by atoms with Crippen LogP contribution in [0.4, 0.5) is 17.1 Å². The lowest BCUT2D eigenvalue weighted by molar-refractivity contribution is 0.668. The molecule has 238 valence electrons. The Hall–Kier alpha value is -6.84. The zero-order valence-electron chi connectivity index (χ0n) is 27.5. The number of para-hydroxylation sites is 2. The summed E-state index contributed by atoms with van der Waals surface area (Å²) in [5.74, 6) is 0. The Morgan fingerprint density at radius 3 is 1.59 bits per heavy atom. The summed E-state index contributed by atoms with van der Waals surface area (Å²) < 4.78 is 12.5. The van der Waals surface area contributed by atoms with Crippen molar-refractivity contribution in [2.45, 2.75) is 0 Å². The van der Waals surface area contributed by atoms with Gasteiger partial charge in [-0.15, -0.1) is 0 Å². The van der Waals surface area contributed by atoms with E-state index in [0.717, 1.165) is 60.9 Å². The van der Waals surface area contributed by atoms with E-state index in [2.05, 4.69) is 157 Å². The van der Waals surface area contributed by atoms with Crippen LogP contribution >= 0.6 is 0 Å². The predicted molar refractivity (Wildman–Crippen MR) is 214 cm³/mol. The summed E-state index contributed by atoms with van der Waals surface area (Å²) in [4.78, 5) is 2.30. The Bertz CT molecular complexity index is 3150. The van der Waals surface area contributed by atoms with Crippen molar-refractivity contribution >= 4 is 93.3 Å². The SMILES string of the molecule is c1ccc2c(c1)ccc1c3ccc(-c4ccc(N(c5ccc6c(c5)oc5ccccc56)c5ccc6oc7ccccc7c6c5)cc4)cc3ccc21. The molecule has 0 aliphatic heterocycles. The van der Waals surface area contributed by atoms with Crippen LogP contribution in [0, 0.1) is 0 Å². The number of anilines is 3. The van der Waals surface area contributed by atoms with Crippen LogP contribution in [-0.2, 0) is 0 Å². The third kappa shape index (κ3) is 4.38. The van der Waals surface area contributed by atoms with Crippen LogP contribution in [0.1, 0.15) is 0 Å². The monoisotopic (exact) mass is 651 g/mol. The Balaban J connectivity index is 1.03. The topological polar surface area (TPSA) is 29.5 Å². The maximum atomic E-state index is 6.35. The average Bonchev–Trinajstić information content (AvgIpc) is 3.75. The van der Waals surface area contributed by atoms with E-state index in [1.807, 2.05) is 24.3 Å². The van der Waals surface area contributed by atoms with Crippen molar-refractivity contribution < 1.29 is 8.83 Å². The van der Waals surface area contributed by atoms with Crippen LogP contribution in [0.5, 0.6) is 0 Å². The molecular formula is C48H29NO2. The van der Waals surface area contributed by atoms with Crippen molar-refractivity contribution in [2.75, 3.05) is 4.90 Å². The zero-order chi connectivity index (χ0) is 33.5. The van der Waals surface area contributed by atoms with Gasteiger partial charge in [0, 0.05) is 44.7 Å². The molecule has 0 saturated carbocycles. The van der Waals surface area contributed by atoms with Gasteiger partial charge in [0.2, 0.25) is 0 Å². The van der Waals surface area contributed by atoms with Gasteiger partial charge in [-0.2, -0.15) is 0 Å². The first-order chi connectivity index (χ1) is 25.2. The fourth-order valence-electron chi connectivity index (χ4n) is 7.97. The summed E-state index contributed by atoms with van der Waals surface area (Å²) >= 11 is 0. The summed E-state index contributed by atoms with van der Waals surface area (Å²) in [5.41, 5.74) is 9.00. The van der Waals surface area contributed by atoms with Crippen LogP contribution < -0.4 is 4.90 Å². The molecule has 0 unspecified atom stereocenters. The minimum atomic E-state index is 0.863. The van der Waals surface area contributed by atoms with Gasteiger partial charge in [0.15, 0.2) is 0 Å². The fraction of sp³-hybridized carbons (Fsp3) is 0. The van der Waals surface area contributed by atoms with Crippen LogP contribution in [0.3, 0.4) is 0 Å². The molecule has 2 heterocycles. The molecule has 0 spiro atoms. The Labute approximate surface area is 293 Å². The van der Waals surface area contributed by atoms with Crippen molar-refractivity contribution in [3.05, 3.63) is 176 Å². The van der Waals surface area contributed by atoms with E-state index in [1.54, 1.807) is 0 Å². The first kappa shape index (κ1) is 28.0. The molecule has 3 heteroatoms. The molecule has 11 rings (SSSR count). The smallest absolute Gasteiger partial charge is 0.137 e. The van der Waals surface area contributed by atoms with Crippen LogP contribution in [0.25, 0.3) is 87.3 Å². The van der Waals surface area contributed by atoms with Crippen molar-refractivity contribution in [3.8, 4) is 11.1 Å². The molecule has 0 aliphatic carbocycles. The number of hydrogen-bond donors (Lipinski definition) is 0. The zero-order valence-corrected chi connectivity index (χ0v) is 27.5. The normalized spacial score (nSPS) is 11.9. The second-order valence-corrected chi connectivity index (χ2v) is 13.3. The summed E-state index contributed by atoms with van der Waals surface area (Å²) in [6, 6.07) is 62.8. The lowest BCUT2D eigenvalue weighted by Gasteiger charge is -2.25. The second-order valence-electron chi connectivity index (χ2n) is 13.3. The van der Waals surface area contributed by atoms with Crippen LogP contribution in [-0.4, -0.2) is 0 Å². The highest BCUT2D eigenvalue weighted by molar-refractivity contribution is 6.17. The quantitative estimate of drug-likeness (QED) is 0.177. The molecule has 0 N–H and O–H groups in total. The average molecular weight is 652 g/mol. The third-order valence-corrected chi connectivity index (χ3v) is 10.4. The Kier molecular flexibility index (Phi) is 5.96. The van der Waals surface area contributed by atoms with Gasteiger partial charge in [-0.25, -0.2) is 0 Å². The summed E-state index contributed by atoms with van der Waals surface area (Å²) in [7, 11) is 0. The number of furan rings is 2. The molecule has 2 aromatic heterocycles. The summed E-state index contributed by atoms with van der Waals surface area (Å²) in [5, 5.41) is 12.1. The van der Waals surface area contributed by atoms with Crippen molar-refractivity contribution in [1.82, 2.24) is 0 Å². The number of rotatable bonds is 4. The maximum Gasteiger partial charge on any atom is 0.137 e. The number of nitrogens with zero attached hydrogens (tertiary/aromatic N) is 1. The van der Waals surface area contributed by atoms with E-state index in [-0.39, 0.29) is 0 Å². The minimum Gasteiger partial charge on any atom is -0.456 e. The first-order valence-corrected chi connectivity index (χ1v) is 17.3. The molecule has 0 aliphatic rings. The van der Waals surface area contributed by atoms with E-state index in [0.29, 0.717) is 0 Å².